The second-order valence-corrected chi connectivity index (χ2v) is 6.41. The maximum absolute atomic E-state index is 12.6. The van der Waals surface area contributed by atoms with Gasteiger partial charge in [0.2, 0.25) is 5.91 Å². The van der Waals surface area contributed by atoms with Gasteiger partial charge in [-0.1, -0.05) is 27.5 Å². The number of nitrogens with one attached hydrogen (secondary N) is 1. The Hall–Kier alpha value is -2.11. The maximum Gasteiger partial charge on any atom is 0.257 e. The molecule has 23 heavy (non-hydrogen) atoms. The summed E-state index contributed by atoms with van der Waals surface area (Å²) in [6, 6.07) is 12.4. The zero-order valence-corrected chi connectivity index (χ0v) is 14.5. The van der Waals surface area contributed by atoms with E-state index in [1.807, 2.05) is 12.1 Å². The van der Waals surface area contributed by atoms with Gasteiger partial charge in [-0.15, -0.1) is 0 Å². The summed E-state index contributed by atoms with van der Waals surface area (Å²) in [7, 11) is 0. The van der Waals surface area contributed by atoms with Crippen molar-refractivity contribution < 1.29 is 9.59 Å². The van der Waals surface area contributed by atoms with E-state index in [0.717, 1.165) is 4.47 Å². The molecule has 3 aromatic rings. The number of hydrogen-bond acceptors (Lipinski definition) is 2. The highest BCUT2D eigenvalue weighted by Gasteiger charge is 2.17. The molecule has 3 rings (SSSR count). The first-order chi connectivity index (χ1) is 11.0. The average molecular weight is 392 g/mol. The van der Waals surface area contributed by atoms with Gasteiger partial charge < -0.3 is 5.32 Å². The Labute approximate surface area is 146 Å². The van der Waals surface area contributed by atoms with E-state index in [-0.39, 0.29) is 11.8 Å². The van der Waals surface area contributed by atoms with Crippen LogP contribution in [0.5, 0.6) is 0 Å². The molecule has 0 radical (unpaired) electrons. The zero-order valence-electron chi connectivity index (χ0n) is 12.1. The van der Waals surface area contributed by atoms with Crippen LogP contribution in [0.1, 0.15) is 22.1 Å². The molecule has 6 heteroatoms. The number of carbonyl (C=O) groups excluding carboxylic acids is 2. The lowest BCUT2D eigenvalue weighted by Crippen LogP contribution is -2.11. The number of fused-ring (bicyclic) bond motifs is 1. The van der Waals surface area contributed by atoms with Crippen molar-refractivity contribution >= 4 is 55.9 Å². The largest absolute Gasteiger partial charge is 0.322 e. The van der Waals surface area contributed by atoms with Crippen molar-refractivity contribution in [3.05, 3.63) is 63.7 Å². The lowest BCUT2D eigenvalue weighted by atomic mass is 10.1. The molecule has 1 amide bonds. The Kier molecular flexibility index (Phi) is 4.24. The van der Waals surface area contributed by atoms with Gasteiger partial charge in [-0.2, -0.15) is 0 Å². The average Bonchev–Trinajstić information content (AvgIpc) is 2.88. The third-order valence-corrected chi connectivity index (χ3v) is 4.22. The minimum absolute atomic E-state index is 0.167. The number of halogens is 2. The van der Waals surface area contributed by atoms with Crippen LogP contribution in [0.15, 0.2) is 53.1 Å². The van der Waals surface area contributed by atoms with Gasteiger partial charge >= 0.3 is 0 Å². The molecule has 0 fully saturated rings. The van der Waals surface area contributed by atoms with Crippen LogP contribution in [0.2, 0.25) is 5.02 Å². The van der Waals surface area contributed by atoms with Gasteiger partial charge in [-0.05, 0) is 42.5 Å². The number of benzene rings is 2. The van der Waals surface area contributed by atoms with Gasteiger partial charge in [0.1, 0.15) is 0 Å². The lowest BCUT2D eigenvalue weighted by molar-refractivity contribution is 0.0941. The van der Waals surface area contributed by atoms with Crippen LogP contribution in [0.3, 0.4) is 0 Å². The molecular formula is C17H12BrClN2O2. The number of aromatic nitrogens is 1. The van der Waals surface area contributed by atoms with E-state index < -0.39 is 0 Å². The molecule has 4 nitrogen and oxygen atoms in total. The van der Waals surface area contributed by atoms with Gasteiger partial charge in [-0.3, -0.25) is 14.2 Å². The van der Waals surface area contributed by atoms with E-state index in [1.54, 1.807) is 30.3 Å². The summed E-state index contributed by atoms with van der Waals surface area (Å²) in [4.78, 5) is 24.3. The van der Waals surface area contributed by atoms with Crippen LogP contribution < -0.4 is 5.32 Å². The summed E-state index contributed by atoms with van der Waals surface area (Å²) < 4.78 is 2.37. The van der Waals surface area contributed by atoms with Crippen LogP contribution in [0.25, 0.3) is 10.9 Å². The van der Waals surface area contributed by atoms with E-state index in [0.29, 0.717) is 27.2 Å². The Balaban J connectivity index is 2.04. The molecule has 0 spiro atoms. The third-order valence-electron chi connectivity index (χ3n) is 3.45. The maximum atomic E-state index is 12.6. The highest BCUT2D eigenvalue weighted by Crippen LogP contribution is 2.26. The first-order valence-corrected chi connectivity index (χ1v) is 8.01. The van der Waals surface area contributed by atoms with Crippen LogP contribution in [-0.2, 0) is 0 Å². The minimum atomic E-state index is -0.292. The number of hydrogen-bond donors (Lipinski definition) is 1. The quantitative estimate of drug-likeness (QED) is 0.670. The van der Waals surface area contributed by atoms with E-state index >= 15 is 0 Å². The van der Waals surface area contributed by atoms with Gasteiger partial charge in [0, 0.05) is 33.7 Å². The van der Waals surface area contributed by atoms with E-state index in [4.69, 9.17) is 11.6 Å². The first kappa shape index (κ1) is 15.8. The number of anilines is 1. The van der Waals surface area contributed by atoms with Crippen molar-refractivity contribution in [2.24, 2.45) is 0 Å². The van der Waals surface area contributed by atoms with Crippen molar-refractivity contribution in [2.45, 2.75) is 6.92 Å². The second-order valence-electron chi connectivity index (χ2n) is 5.05. The van der Waals surface area contributed by atoms with Crippen molar-refractivity contribution in [3.63, 3.8) is 0 Å². The SMILES string of the molecule is CC(=O)n1cc(C(=O)Nc2ccc(Br)cc2)c2cc(Cl)ccc21. The fourth-order valence-corrected chi connectivity index (χ4v) is 2.81. The monoisotopic (exact) mass is 390 g/mol. The van der Waals surface area contributed by atoms with Gasteiger partial charge in [0.25, 0.3) is 5.91 Å². The Morgan fingerprint density at radius 1 is 1.13 bits per heavy atom. The zero-order chi connectivity index (χ0) is 16.6. The second kappa shape index (κ2) is 6.18. The molecule has 0 saturated carbocycles. The molecule has 1 N–H and O–H groups in total. The number of rotatable bonds is 2. The van der Waals surface area contributed by atoms with Crippen molar-refractivity contribution in [3.8, 4) is 0 Å². The predicted molar refractivity (Wildman–Crippen MR) is 95.3 cm³/mol. The smallest absolute Gasteiger partial charge is 0.257 e. The van der Waals surface area contributed by atoms with Crippen LogP contribution >= 0.6 is 27.5 Å². The van der Waals surface area contributed by atoms with Crippen molar-refractivity contribution in [2.75, 3.05) is 5.32 Å². The highest BCUT2D eigenvalue weighted by molar-refractivity contribution is 9.10. The molecule has 0 aliphatic carbocycles. The molecular weight excluding hydrogens is 380 g/mol. The predicted octanol–water partition coefficient (Wildman–Crippen LogP) is 4.97. The molecule has 0 aliphatic rings. The number of carbonyl (C=O) groups is 2. The van der Waals surface area contributed by atoms with Crippen molar-refractivity contribution in [1.82, 2.24) is 4.57 Å². The fraction of sp³-hybridized carbons (Fsp3) is 0.0588. The standard InChI is InChI=1S/C17H12BrClN2O2/c1-10(22)21-9-15(14-8-12(19)4-7-16(14)21)17(23)20-13-5-2-11(18)3-6-13/h2-9H,1H3,(H,20,23). The number of nitrogens with zero attached hydrogens (tertiary/aromatic N) is 1. The van der Waals surface area contributed by atoms with Gasteiger partial charge in [0.15, 0.2) is 0 Å². The minimum Gasteiger partial charge on any atom is -0.322 e. The van der Waals surface area contributed by atoms with Gasteiger partial charge in [-0.25, -0.2) is 0 Å². The Morgan fingerprint density at radius 2 is 1.83 bits per heavy atom. The summed E-state index contributed by atoms with van der Waals surface area (Å²) in [5.41, 5.74) is 1.73. The molecule has 0 aliphatic heterocycles. The van der Waals surface area contributed by atoms with E-state index in [1.165, 1.54) is 17.7 Å². The van der Waals surface area contributed by atoms with Crippen molar-refractivity contribution in [1.29, 1.82) is 0 Å². The summed E-state index contributed by atoms with van der Waals surface area (Å²) in [5, 5.41) is 3.97. The first-order valence-electron chi connectivity index (χ1n) is 6.84. The van der Waals surface area contributed by atoms with Crippen LogP contribution in [0, 0.1) is 0 Å². The fourth-order valence-electron chi connectivity index (χ4n) is 2.38. The summed E-state index contributed by atoms with van der Waals surface area (Å²) in [6.07, 6.45) is 1.54. The normalized spacial score (nSPS) is 10.7. The van der Waals surface area contributed by atoms with E-state index in [9.17, 15) is 9.59 Å². The Morgan fingerprint density at radius 3 is 2.48 bits per heavy atom. The van der Waals surface area contributed by atoms with Gasteiger partial charge in [0.05, 0.1) is 11.1 Å². The molecule has 1 aromatic heterocycles. The third kappa shape index (κ3) is 3.16. The summed E-state index contributed by atoms with van der Waals surface area (Å²) in [6.45, 7) is 1.45. The molecule has 0 bridgehead atoms. The summed E-state index contributed by atoms with van der Waals surface area (Å²) in [5.74, 6) is -0.459. The molecule has 2 aromatic carbocycles. The van der Waals surface area contributed by atoms with E-state index in [2.05, 4.69) is 21.2 Å². The summed E-state index contributed by atoms with van der Waals surface area (Å²) >= 11 is 9.38. The van der Waals surface area contributed by atoms with Crippen LogP contribution in [-0.4, -0.2) is 16.4 Å². The molecule has 0 atom stereocenters. The molecule has 116 valence electrons. The molecule has 0 unspecified atom stereocenters. The Bertz CT molecular complexity index is 916. The highest BCUT2D eigenvalue weighted by atomic mass is 79.9. The molecule has 1 heterocycles. The number of amides is 1. The molecule has 0 saturated heterocycles. The topological polar surface area (TPSA) is 51.1 Å². The van der Waals surface area contributed by atoms with Crippen LogP contribution in [0.4, 0.5) is 5.69 Å². The lowest BCUT2D eigenvalue weighted by Gasteiger charge is -2.04.